The van der Waals surface area contributed by atoms with Crippen LogP contribution in [0, 0.1) is 6.92 Å². The summed E-state index contributed by atoms with van der Waals surface area (Å²) in [5.74, 6) is 0.392. The topological polar surface area (TPSA) is 47.4 Å². The molecule has 1 amide bonds. The van der Waals surface area contributed by atoms with E-state index >= 15 is 0 Å². The smallest absolute Gasteiger partial charge is 0.292 e. The van der Waals surface area contributed by atoms with Crippen LogP contribution in [0.2, 0.25) is 10.0 Å². The van der Waals surface area contributed by atoms with Gasteiger partial charge >= 0.3 is 0 Å². The van der Waals surface area contributed by atoms with E-state index in [2.05, 4.69) is 13.8 Å². The maximum Gasteiger partial charge on any atom is 0.292 e. The largest absolute Gasteiger partial charge is 0.494 e. The maximum atomic E-state index is 13.5. The van der Waals surface area contributed by atoms with Gasteiger partial charge in [0.25, 0.3) is 10.4 Å². The highest BCUT2D eigenvalue weighted by molar-refractivity contribution is 6.58. The number of fused-ring (bicyclic) bond motifs is 3. The Morgan fingerprint density at radius 3 is 2.45 bits per heavy atom. The number of carbonyl (C=O) groups is 1. The third-order valence-corrected chi connectivity index (χ3v) is 6.99. The third-order valence-electron chi connectivity index (χ3n) is 5.81. The number of anilines is 2. The first kappa shape index (κ1) is 22.5. The van der Waals surface area contributed by atoms with Crippen LogP contribution in [0.3, 0.4) is 0 Å². The Morgan fingerprint density at radius 1 is 1.16 bits per heavy atom. The van der Waals surface area contributed by atoms with Crippen LogP contribution in [0.1, 0.15) is 43.7 Å². The van der Waals surface area contributed by atoms with Gasteiger partial charge in [0.15, 0.2) is 0 Å². The maximum absolute atomic E-state index is 13.5. The van der Waals surface area contributed by atoms with E-state index in [0.717, 1.165) is 18.4 Å². The molecule has 1 aliphatic rings. The Morgan fingerprint density at radius 2 is 1.84 bits per heavy atom. The summed E-state index contributed by atoms with van der Waals surface area (Å²) in [7, 11) is 1.51. The van der Waals surface area contributed by atoms with Crippen LogP contribution in [0.15, 0.2) is 24.3 Å². The van der Waals surface area contributed by atoms with Gasteiger partial charge in [-0.1, -0.05) is 66.3 Å². The summed E-state index contributed by atoms with van der Waals surface area (Å²) < 4.78 is 5.19. The van der Waals surface area contributed by atoms with Crippen LogP contribution in [0.25, 0.3) is 11.0 Å². The van der Waals surface area contributed by atoms with Gasteiger partial charge in [0.1, 0.15) is 11.3 Å². The van der Waals surface area contributed by atoms with Gasteiger partial charge in [0, 0.05) is 11.1 Å². The number of amides is 1. The quantitative estimate of drug-likeness (QED) is 0.344. The molecule has 0 bridgehead atoms. The third kappa shape index (κ3) is 3.29. The molecule has 0 saturated carbocycles. The van der Waals surface area contributed by atoms with Gasteiger partial charge in [0.2, 0.25) is 5.95 Å². The van der Waals surface area contributed by atoms with Gasteiger partial charge in [-0.05, 0) is 48.9 Å². The summed E-state index contributed by atoms with van der Waals surface area (Å²) in [5, 5.41) is 0.947. The number of hydrogen-bond acceptors (Lipinski definition) is 3. The van der Waals surface area contributed by atoms with Crippen molar-refractivity contribution in [1.82, 2.24) is 9.55 Å². The number of aryl methyl sites for hydroxylation is 1. The highest BCUT2D eigenvalue weighted by Crippen LogP contribution is 2.52. The minimum atomic E-state index is -1.90. The second-order valence-corrected chi connectivity index (χ2v) is 9.68. The standard InChI is InChI=1S/C22H21Cl4N3O2/c1-5-12(6-2)14-7-8-15(24)17-19(14)29-21(27-17)28(20(30)22(29,25)26)18-11(3)9-13(23)10-16(18)31-4/h7-10,12H,5-6H2,1-4H3. The predicted molar refractivity (Wildman–Crippen MR) is 128 cm³/mol. The predicted octanol–water partition coefficient (Wildman–Crippen LogP) is 7.33. The number of alkyl halides is 2. The number of rotatable bonds is 5. The average molecular weight is 501 g/mol. The average Bonchev–Trinajstić information content (AvgIpc) is 3.20. The number of ether oxygens (including phenoxy) is 1. The molecule has 0 aliphatic carbocycles. The Labute approximate surface area is 200 Å². The molecule has 2 aromatic carbocycles. The summed E-state index contributed by atoms with van der Waals surface area (Å²) >= 11 is 26.1. The first-order chi connectivity index (χ1) is 14.7. The van der Waals surface area contributed by atoms with E-state index in [-0.39, 0.29) is 11.9 Å². The fourth-order valence-corrected chi connectivity index (χ4v) is 5.25. The molecule has 0 spiro atoms. The van der Waals surface area contributed by atoms with Crippen molar-refractivity contribution in [3.63, 3.8) is 0 Å². The summed E-state index contributed by atoms with van der Waals surface area (Å²) in [6, 6.07) is 7.16. The number of nitrogens with zero attached hydrogens (tertiary/aromatic N) is 3. The summed E-state index contributed by atoms with van der Waals surface area (Å²) in [6.45, 7) is 6.06. The van der Waals surface area contributed by atoms with E-state index < -0.39 is 10.4 Å². The number of imidazole rings is 1. The van der Waals surface area contributed by atoms with Crippen molar-refractivity contribution in [2.75, 3.05) is 12.0 Å². The molecular weight excluding hydrogens is 480 g/mol. The highest BCUT2D eigenvalue weighted by Gasteiger charge is 2.53. The summed E-state index contributed by atoms with van der Waals surface area (Å²) in [4.78, 5) is 19.6. The molecule has 3 aromatic rings. The van der Waals surface area contributed by atoms with Crippen molar-refractivity contribution in [3.05, 3.63) is 45.4 Å². The highest BCUT2D eigenvalue weighted by atomic mass is 35.5. The lowest BCUT2D eigenvalue weighted by atomic mass is 9.93. The number of benzene rings is 2. The Kier molecular flexibility index (Phi) is 5.84. The zero-order valence-electron chi connectivity index (χ0n) is 17.5. The Hall–Kier alpha value is -1.66. The molecule has 0 atom stereocenters. The van der Waals surface area contributed by atoms with E-state index in [0.29, 0.717) is 38.1 Å². The molecule has 0 N–H and O–H groups in total. The van der Waals surface area contributed by atoms with Gasteiger partial charge in [-0.15, -0.1) is 0 Å². The van der Waals surface area contributed by atoms with Gasteiger partial charge in [-0.25, -0.2) is 9.88 Å². The lowest BCUT2D eigenvalue weighted by Gasteiger charge is -2.22. The van der Waals surface area contributed by atoms with Crippen molar-refractivity contribution >= 4 is 75.0 Å². The number of methoxy groups -OCH3 is 1. The molecule has 1 aliphatic heterocycles. The Balaban J connectivity index is 2.09. The lowest BCUT2D eigenvalue weighted by Crippen LogP contribution is -2.33. The molecule has 0 saturated heterocycles. The molecule has 2 heterocycles. The van der Waals surface area contributed by atoms with E-state index in [1.54, 1.807) is 16.7 Å². The van der Waals surface area contributed by atoms with Crippen molar-refractivity contribution in [2.24, 2.45) is 0 Å². The van der Waals surface area contributed by atoms with Gasteiger partial charge in [-0.3, -0.25) is 9.36 Å². The molecule has 0 radical (unpaired) electrons. The first-order valence-electron chi connectivity index (χ1n) is 9.95. The fourth-order valence-electron chi connectivity index (χ4n) is 4.31. The fraction of sp³-hybridized carbons (Fsp3) is 0.364. The Bertz CT molecular complexity index is 1200. The van der Waals surface area contributed by atoms with Crippen LogP contribution in [0.5, 0.6) is 5.75 Å². The molecule has 5 nitrogen and oxygen atoms in total. The van der Waals surface area contributed by atoms with Crippen LogP contribution in [-0.2, 0) is 9.25 Å². The van der Waals surface area contributed by atoms with Crippen LogP contribution in [-0.4, -0.2) is 22.6 Å². The van der Waals surface area contributed by atoms with Crippen LogP contribution >= 0.6 is 46.4 Å². The number of aromatic nitrogens is 2. The molecule has 31 heavy (non-hydrogen) atoms. The van der Waals surface area contributed by atoms with Crippen molar-refractivity contribution < 1.29 is 9.53 Å². The molecule has 0 unspecified atom stereocenters. The molecule has 4 rings (SSSR count). The van der Waals surface area contributed by atoms with E-state index in [1.807, 2.05) is 19.1 Å². The molecule has 0 fully saturated rings. The van der Waals surface area contributed by atoms with Gasteiger partial charge in [0.05, 0.1) is 23.3 Å². The molecule has 1 aromatic heterocycles. The first-order valence-corrected chi connectivity index (χ1v) is 11.5. The summed E-state index contributed by atoms with van der Waals surface area (Å²) in [5.41, 5.74) is 3.42. The zero-order valence-corrected chi connectivity index (χ0v) is 20.5. The van der Waals surface area contributed by atoms with Gasteiger partial charge < -0.3 is 4.74 Å². The second kappa shape index (κ2) is 8.04. The van der Waals surface area contributed by atoms with Crippen molar-refractivity contribution in [2.45, 2.75) is 44.0 Å². The van der Waals surface area contributed by atoms with Crippen LogP contribution < -0.4 is 9.64 Å². The normalized spacial score (nSPS) is 15.3. The van der Waals surface area contributed by atoms with E-state index in [1.165, 1.54) is 12.0 Å². The second-order valence-electron chi connectivity index (χ2n) is 7.55. The molecular formula is C22H21Cl4N3O2. The minimum absolute atomic E-state index is 0.237. The number of carbonyl (C=O) groups excluding carboxylic acids is 1. The number of halogens is 4. The van der Waals surface area contributed by atoms with Crippen LogP contribution in [0.4, 0.5) is 11.6 Å². The van der Waals surface area contributed by atoms with E-state index in [9.17, 15) is 4.79 Å². The lowest BCUT2D eigenvalue weighted by molar-refractivity contribution is -0.119. The van der Waals surface area contributed by atoms with E-state index in [4.69, 9.17) is 56.1 Å². The summed E-state index contributed by atoms with van der Waals surface area (Å²) in [6.07, 6.45) is 1.82. The SMILES string of the molecule is CCC(CC)c1ccc(Cl)c2nc3n(c12)C(Cl)(Cl)C(=O)N3c1c(C)cc(Cl)cc1OC. The zero-order chi connectivity index (χ0) is 22.7. The molecule has 9 heteroatoms. The van der Waals surface area contributed by atoms with Crippen molar-refractivity contribution in [3.8, 4) is 5.75 Å². The minimum Gasteiger partial charge on any atom is -0.494 e. The molecule has 164 valence electrons. The van der Waals surface area contributed by atoms with Crippen molar-refractivity contribution in [1.29, 1.82) is 0 Å². The van der Waals surface area contributed by atoms with Gasteiger partial charge in [-0.2, -0.15) is 0 Å². The monoisotopic (exact) mass is 499 g/mol. The number of hydrogen-bond donors (Lipinski definition) is 0.